The summed E-state index contributed by atoms with van der Waals surface area (Å²) in [5, 5.41) is 9.34. The van der Waals surface area contributed by atoms with Crippen molar-refractivity contribution in [1.29, 1.82) is 0 Å². The Morgan fingerprint density at radius 2 is 1.12 bits per heavy atom. The lowest BCUT2D eigenvalue weighted by Gasteiger charge is -2.32. The number of hydrogen-bond acceptors (Lipinski definition) is 1. The van der Waals surface area contributed by atoms with Gasteiger partial charge in [0.15, 0.2) is 8.07 Å². The van der Waals surface area contributed by atoms with Crippen molar-refractivity contribution in [3.05, 3.63) is 158 Å². The van der Waals surface area contributed by atoms with Crippen LogP contribution in [0.3, 0.4) is 0 Å². The molecule has 3 heteroatoms. The Morgan fingerprint density at radius 3 is 1.86 bits per heavy atom. The summed E-state index contributed by atoms with van der Waals surface area (Å²) in [4.78, 5) is 5.25. The highest BCUT2D eigenvalue weighted by molar-refractivity contribution is 7.23. The zero-order valence-electron chi connectivity index (χ0n) is 22.9. The number of aromatic nitrogens is 2. The van der Waals surface area contributed by atoms with Crippen LogP contribution in [0.1, 0.15) is 0 Å². The Morgan fingerprint density at radius 1 is 0.524 bits per heavy atom. The van der Waals surface area contributed by atoms with E-state index in [4.69, 9.17) is 4.98 Å². The molecule has 9 rings (SSSR count). The first-order valence-corrected chi connectivity index (χ1v) is 16.5. The van der Waals surface area contributed by atoms with E-state index in [9.17, 15) is 0 Å². The van der Waals surface area contributed by atoms with E-state index in [1.54, 1.807) is 0 Å². The third kappa shape index (κ3) is 2.95. The lowest BCUT2D eigenvalue weighted by Crippen LogP contribution is -2.73. The average Bonchev–Trinajstić information content (AvgIpc) is 3.58. The van der Waals surface area contributed by atoms with Crippen LogP contribution >= 0.6 is 0 Å². The molecule has 0 radical (unpaired) electrons. The van der Waals surface area contributed by atoms with Gasteiger partial charge in [0, 0.05) is 33.6 Å². The number of rotatable bonds is 3. The molecule has 42 heavy (non-hydrogen) atoms. The number of benzene rings is 6. The van der Waals surface area contributed by atoms with Gasteiger partial charge in [0.05, 0.1) is 16.6 Å². The number of pyridine rings is 1. The van der Waals surface area contributed by atoms with Crippen molar-refractivity contribution in [3.8, 4) is 16.8 Å². The molecule has 0 saturated carbocycles. The lowest BCUT2D eigenvalue weighted by molar-refractivity contribution is 1.18. The van der Waals surface area contributed by atoms with E-state index in [-0.39, 0.29) is 0 Å². The minimum Gasteiger partial charge on any atom is -0.309 e. The summed E-state index contributed by atoms with van der Waals surface area (Å²) in [6.07, 6.45) is 1.98. The minimum absolute atomic E-state index is 1.12. The molecule has 0 fully saturated rings. The van der Waals surface area contributed by atoms with Crippen LogP contribution in [0, 0.1) is 0 Å². The molecule has 1 aliphatic rings. The maximum atomic E-state index is 5.25. The van der Waals surface area contributed by atoms with Crippen molar-refractivity contribution in [2.24, 2.45) is 0 Å². The van der Waals surface area contributed by atoms with Crippen LogP contribution in [0.5, 0.6) is 0 Å². The van der Waals surface area contributed by atoms with Crippen molar-refractivity contribution in [3.63, 3.8) is 0 Å². The average molecular weight is 551 g/mol. The number of nitrogens with zero attached hydrogens (tertiary/aromatic N) is 2. The van der Waals surface area contributed by atoms with Crippen LogP contribution in [-0.4, -0.2) is 17.6 Å². The van der Waals surface area contributed by atoms with Crippen molar-refractivity contribution < 1.29 is 0 Å². The summed E-state index contributed by atoms with van der Waals surface area (Å²) in [6.45, 7) is 0. The molecule has 1 aliphatic heterocycles. The zero-order valence-corrected chi connectivity index (χ0v) is 23.9. The normalized spacial score (nSPS) is 13.4. The van der Waals surface area contributed by atoms with Gasteiger partial charge in [-0.1, -0.05) is 127 Å². The van der Waals surface area contributed by atoms with E-state index >= 15 is 0 Å². The minimum atomic E-state index is -2.76. The lowest BCUT2D eigenvalue weighted by atomic mass is 9.98. The van der Waals surface area contributed by atoms with Gasteiger partial charge in [-0.15, -0.1) is 0 Å². The number of hydrogen-bond donors (Lipinski definition) is 0. The molecular formula is C39H26N2Si. The third-order valence-corrected chi connectivity index (χ3v) is 14.0. The predicted octanol–water partition coefficient (Wildman–Crippen LogP) is 6.69. The summed E-state index contributed by atoms with van der Waals surface area (Å²) < 4.78 is 2.49. The fraction of sp³-hybridized carbons (Fsp3) is 0. The maximum absolute atomic E-state index is 5.25. The molecule has 6 aromatic carbocycles. The Kier molecular flexibility index (Phi) is 4.95. The summed E-state index contributed by atoms with van der Waals surface area (Å²) in [7, 11) is -2.76. The smallest absolute Gasteiger partial charge is 0.183 e. The van der Waals surface area contributed by atoms with Gasteiger partial charge < -0.3 is 4.57 Å². The van der Waals surface area contributed by atoms with Crippen LogP contribution in [0.2, 0.25) is 0 Å². The molecule has 2 aromatic heterocycles. The summed E-state index contributed by atoms with van der Waals surface area (Å²) in [5.41, 5.74) is 7.42. The van der Waals surface area contributed by atoms with Crippen molar-refractivity contribution >= 4 is 61.5 Å². The van der Waals surface area contributed by atoms with Crippen molar-refractivity contribution in [1.82, 2.24) is 9.55 Å². The Labute approximate surface area is 245 Å². The largest absolute Gasteiger partial charge is 0.309 e. The van der Waals surface area contributed by atoms with Gasteiger partial charge in [0.1, 0.15) is 0 Å². The Balaban J connectivity index is 1.63. The molecule has 0 amide bonds. The molecule has 2 nitrogen and oxygen atoms in total. The highest BCUT2D eigenvalue weighted by Gasteiger charge is 2.51. The monoisotopic (exact) mass is 550 g/mol. The first-order chi connectivity index (χ1) is 20.9. The van der Waals surface area contributed by atoms with E-state index in [0.29, 0.717) is 0 Å². The second-order valence-electron chi connectivity index (χ2n) is 11.1. The van der Waals surface area contributed by atoms with E-state index < -0.39 is 8.07 Å². The van der Waals surface area contributed by atoms with E-state index in [2.05, 4.69) is 156 Å². The fourth-order valence-electron chi connectivity index (χ4n) is 7.57. The second kappa shape index (κ2) is 8.87. The topological polar surface area (TPSA) is 17.8 Å². The first-order valence-electron chi connectivity index (χ1n) is 14.5. The molecule has 0 aliphatic carbocycles. The van der Waals surface area contributed by atoms with Crippen LogP contribution < -0.4 is 20.7 Å². The van der Waals surface area contributed by atoms with Gasteiger partial charge in [-0.2, -0.15) is 0 Å². The van der Waals surface area contributed by atoms with Gasteiger partial charge in [-0.25, -0.2) is 0 Å². The van der Waals surface area contributed by atoms with E-state index in [0.717, 1.165) is 5.52 Å². The molecule has 196 valence electrons. The van der Waals surface area contributed by atoms with Gasteiger partial charge in [-0.05, 0) is 50.6 Å². The van der Waals surface area contributed by atoms with E-state index in [1.165, 1.54) is 64.8 Å². The fourth-order valence-corrected chi connectivity index (χ4v) is 12.9. The van der Waals surface area contributed by atoms with E-state index in [1.807, 2.05) is 6.20 Å². The third-order valence-electron chi connectivity index (χ3n) is 9.08. The number of fused-ring (bicyclic) bond motifs is 10. The maximum Gasteiger partial charge on any atom is 0.183 e. The summed E-state index contributed by atoms with van der Waals surface area (Å²) in [6, 6.07) is 55.6. The molecule has 0 saturated heterocycles. The highest BCUT2D eigenvalue weighted by Crippen LogP contribution is 2.44. The van der Waals surface area contributed by atoms with Gasteiger partial charge in [-0.3, -0.25) is 4.98 Å². The first kappa shape index (κ1) is 23.5. The SMILES string of the molecule is c1ccc(-n2c3ccccc3c3c4cccnc4c4c(c32)-c2ccccc2[Si]4(c2ccccc2)c2ccccc2)cc1. The predicted molar refractivity (Wildman–Crippen MR) is 179 cm³/mol. The van der Waals surface area contributed by atoms with Crippen LogP contribution in [0.15, 0.2) is 158 Å². The standard InChI is InChI=1S/C39H26N2Si/c1-4-15-27(16-5-1)41-33-24-12-10-21-30(33)35-32-23-14-26-40-37(32)39-36(38(35)41)31-22-11-13-25-34(31)42(39,28-17-6-2-7-18-28)29-19-8-3-9-20-29/h1-26H. The molecular weight excluding hydrogens is 525 g/mol. The van der Waals surface area contributed by atoms with Crippen LogP contribution in [0.4, 0.5) is 0 Å². The second-order valence-corrected chi connectivity index (χ2v) is 14.8. The summed E-state index contributed by atoms with van der Waals surface area (Å²) in [5.74, 6) is 0. The highest BCUT2D eigenvalue weighted by atomic mass is 28.3. The van der Waals surface area contributed by atoms with Crippen molar-refractivity contribution in [2.45, 2.75) is 0 Å². The van der Waals surface area contributed by atoms with Gasteiger partial charge >= 0.3 is 0 Å². The molecule has 0 N–H and O–H groups in total. The molecule has 0 atom stereocenters. The van der Waals surface area contributed by atoms with Crippen LogP contribution in [-0.2, 0) is 0 Å². The quantitative estimate of drug-likeness (QED) is 0.224. The van der Waals surface area contributed by atoms with Crippen molar-refractivity contribution in [2.75, 3.05) is 0 Å². The molecule has 8 aromatic rings. The van der Waals surface area contributed by atoms with Gasteiger partial charge in [0.2, 0.25) is 0 Å². The Hall–Kier alpha value is -5.25. The number of para-hydroxylation sites is 2. The molecule has 0 unspecified atom stereocenters. The Bertz CT molecular complexity index is 2250. The zero-order chi connectivity index (χ0) is 27.7. The van der Waals surface area contributed by atoms with Gasteiger partial charge in [0.25, 0.3) is 0 Å². The summed E-state index contributed by atoms with van der Waals surface area (Å²) >= 11 is 0. The molecule has 3 heterocycles. The molecule has 0 spiro atoms. The van der Waals surface area contributed by atoms with Crippen LogP contribution in [0.25, 0.3) is 49.5 Å². The molecule has 0 bridgehead atoms.